The fourth-order valence-electron chi connectivity index (χ4n) is 2.30. The van der Waals surface area contributed by atoms with E-state index in [0.29, 0.717) is 6.54 Å². The number of halogens is 1. The van der Waals surface area contributed by atoms with Crippen LogP contribution in [0.15, 0.2) is 12.1 Å². The molecule has 6 nitrogen and oxygen atoms in total. The van der Waals surface area contributed by atoms with Crippen molar-refractivity contribution in [3.63, 3.8) is 0 Å². The highest BCUT2D eigenvalue weighted by atomic mass is 32.2. The predicted molar refractivity (Wildman–Crippen MR) is 79.9 cm³/mol. The molecule has 1 heterocycles. The fourth-order valence-corrected chi connectivity index (χ4v) is 3.55. The van der Waals surface area contributed by atoms with E-state index in [4.69, 9.17) is 5.73 Å². The molecule has 0 aliphatic carbocycles. The van der Waals surface area contributed by atoms with Gasteiger partial charge in [0, 0.05) is 17.4 Å². The number of carbonyl (C=O) groups excluding carboxylic acids is 1. The maximum absolute atomic E-state index is 13.8. The Morgan fingerprint density at radius 1 is 1.62 bits per heavy atom. The van der Waals surface area contributed by atoms with Gasteiger partial charge in [0.2, 0.25) is 0 Å². The van der Waals surface area contributed by atoms with Crippen molar-refractivity contribution in [2.24, 2.45) is 0 Å². The lowest BCUT2D eigenvalue weighted by molar-refractivity contribution is -0.384. The number of anilines is 1. The maximum atomic E-state index is 13.8. The van der Waals surface area contributed by atoms with Crippen molar-refractivity contribution < 1.29 is 14.1 Å². The summed E-state index contributed by atoms with van der Waals surface area (Å²) in [7, 11) is 0. The van der Waals surface area contributed by atoms with Crippen LogP contribution in [0.1, 0.15) is 30.1 Å². The highest BCUT2D eigenvalue weighted by Crippen LogP contribution is 2.37. The number of benzene rings is 1. The van der Waals surface area contributed by atoms with Gasteiger partial charge in [-0.15, -0.1) is 0 Å². The van der Waals surface area contributed by atoms with Crippen LogP contribution in [0.25, 0.3) is 0 Å². The van der Waals surface area contributed by atoms with Crippen molar-refractivity contribution in [1.82, 2.24) is 5.32 Å². The van der Waals surface area contributed by atoms with Crippen molar-refractivity contribution in [3.8, 4) is 0 Å². The van der Waals surface area contributed by atoms with Crippen LogP contribution in [-0.2, 0) is 0 Å². The van der Waals surface area contributed by atoms with E-state index in [2.05, 4.69) is 5.32 Å². The summed E-state index contributed by atoms with van der Waals surface area (Å²) < 4.78 is 13.7. The Kier molecular flexibility index (Phi) is 4.36. The summed E-state index contributed by atoms with van der Waals surface area (Å²) in [6.07, 6.45) is 2.04. The van der Waals surface area contributed by atoms with Crippen LogP contribution >= 0.6 is 11.8 Å². The molecule has 1 fully saturated rings. The first kappa shape index (κ1) is 15.6. The molecule has 1 atom stereocenters. The highest BCUT2D eigenvalue weighted by Gasteiger charge is 2.31. The number of hydrogen-bond acceptors (Lipinski definition) is 5. The quantitative estimate of drug-likeness (QED) is 0.505. The molecule has 1 unspecified atom stereocenters. The standard InChI is InChI=1S/C13H16FN3O3S/c1-13(5-2-6-21-13)7-16-12(18)10-8(14)3-4-9(11(10)15)17(19)20/h3-4H,2,5-7,15H2,1H3,(H,16,18). The lowest BCUT2D eigenvalue weighted by Crippen LogP contribution is -2.37. The molecule has 1 aliphatic heterocycles. The Balaban J connectivity index is 2.19. The van der Waals surface area contributed by atoms with Gasteiger partial charge in [-0.2, -0.15) is 11.8 Å². The van der Waals surface area contributed by atoms with Crippen LogP contribution in [0.5, 0.6) is 0 Å². The molecule has 0 aromatic heterocycles. The van der Waals surface area contributed by atoms with E-state index in [1.54, 1.807) is 11.8 Å². The van der Waals surface area contributed by atoms with Crippen LogP contribution in [0.3, 0.4) is 0 Å². The summed E-state index contributed by atoms with van der Waals surface area (Å²) in [6, 6.07) is 1.84. The molecule has 114 valence electrons. The van der Waals surface area contributed by atoms with Crippen molar-refractivity contribution in [2.45, 2.75) is 24.5 Å². The first-order valence-electron chi connectivity index (χ1n) is 6.48. The number of nitrogens with two attached hydrogens (primary N) is 1. The second-order valence-corrected chi connectivity index (χ2v) is 6.88. The van der Waals surface area contributed by atoms with E-state index < -0.39 is 33.6 Å². The average Bonchev–Trinajstić information content (AvgIpc) is 2.83. The summed E-state index contributed by atoms with van der Waals surface area (Å²) >= 11 is 1.75. The monoisotopic (exact) mass is 313 g/mol. The number of carbonyl (C=O) groups is 1. The molecule has 0 saturated carbocycles. The van der Waals surface area contributed by atoms with Gasteiger partial charge in [0.05, 0.1) is 4.92 Å². The van der Waals surface area contributed by atoms with E-state index in [9.17, 15) is 19.3 Å². The van der Waals surface area contributed by atoms with Crippen LogP contribution in [0.2, 0.25) is 0 Å². The molecule has 0 spiro atoms. The Morgan fingerprint density at radius 2 is 2.33 bits per heavy atom. The van der Waals surface area contributed by atoms with Crippen molar-refractivity contribution in [3.05, 3.63) is 33.6 Å². The van der Waals surface area contributed by atoms with E-state index in [0.717, 1.165) is 30.7 Å². The molecule has 1 aromatic carbocycles. The molecular weight excluding hydrogens is 297 g/mol. The van der Waals surface area contributed by atoms with Crippen molar-refractivity contribution in [1.29, 1.82) is 0 Å². The van der Waals surface area contributed by atoms with E-state index in [-0.39, 0.29) is 4.75 Å². The van der Waals surface area contributed by atoms with Gasteiger partial charge in [-0.05, 0) is 31.6 Å². The normalized spacial score (nSPS) is 21.2. The Morgan fingerprint density at radius 3 is 2.90 bits per heavy atom. The first-order chi connectivity index (χ1) is 9.84. The van der Waals surface area contributed by atoms with Crippen molar-refractivity contribution in [2.75, 3.05) is 18.0 Å². The molecule has 3 N–H and O–H groups in total. The van der Waals surface area contributed by atoms with E-state index in [1.165, 1.54) is 0 Å². The van der Waals surface area contributed by atoms with E-state index >= 15 is 0 Å². The first-order valence-corrected chi connectivity index (χ1v) is 7.47. The number of amides is 1. The van der Waals surface area contributed by atoms with Gasteiger partial charge in [-0.1, -0.05) is 0 Å². The van der Waals surface area contributed by atoms with E-state index in [1.807, 2.05) is 6.92 Å². The second-order valence-electron chi connectivity index (χ2n) is 5.20. The lowest BCUT2D eigenvalue weighted by Gasteiger charge is -2.23. The Bertz CT molecular complexity index is 588. The highest BCUT2D eigenvalue weighted by molar-refractivity contribution is 8.00. The number of thioether (sulfide) groups is 1. The van der Waals surface area contributed by atoms with Crippen LogP contribution in [0, 0.1) is 15.9 Å². The summed E-state index contributed by atoms with van der Waals surface area (Å²) in [5.41, 5.74) is 4.18. The number of rotatable bonds is 4. The number of nitro benzene ring substituents is 1. The SMILES string of the molecule is CC1(CNC(=O)c2c(F)ccc([N+](=O)[O-])c2N)CCCS1. The van der Waals surface area contributed by atoms with Gasteiger partial charge < -0.3 is 11.1 Å². The molecule has 0 radical (unpaired) electrons. The Labute approximate surface area is 125 Å². The molecule has 1 aliphatic rings. The largest absolute Gasteiger partial charge is 0.392 e. The topological polar surface area (TPSA) is 98.3 Å². The number of hydrogen-bond donors (Lipinski definition) is 2. The van der Waals surface area contributed by atoms with Crippen LogP contribution < -0.4 is 11.1 Å². The molecule has 0 bridgehead atoms. The number of nitrogen functional groups attached to an aromatic ring is 1. The number of nitrogens with zero attached hydrogens (tertiary/aromatic N) is 1. The smallest absolute Gasteiger partial charge is 0.293 e. The number of nitro groups is 1. The minimum Gasteiger partial charge on any atom is -0.392 e. The summed E-state index contributed by atoms with van der Waals surface area (Å²) in [4.78, 5) is 22.2. The van der Waals surface area contributed by atoms with Crippen molar-refractivity contribution >= 4 is 29.0 Å². The fraction of sp³-hybridized carbons (Fsp3) is 0.462. The molecule has 8 heteroatoms. The van der Waals surface area contributed by atoms with Gasteiger partial charge in [0.25, 0.3) is 11.6 Å². The zero-order valence-corrected chi connectivity index (χ0v) is 12.3. The molecule has 21 heavy (non-hydrogen) atoms. The molecular formula is C13H16FN3O3S. The molecule has 1 aromatic rings. The van der Waals surface area contributed by atoms with Gasteiger partial charge in [-0.3, -0.25) is 14.9 Å². The predicted octanol–water partition coefficient (Wildman–Crippen LogP) is 2.33. The zero-order valence-electron chi connectivity index (χ0n) is 11.5. The molecule has 1 amide bonds. The van der Waals surface area contributed by atoms with Gasteiger partial charge in [-0.25, -0.2) is 4.39 Å². The second kappa shape index (κ2) is 5.88. The van der Waals surface area contributed by atoms with Crippen LogP contribution in [0.4, 0.5) is 15.8 Å². The number of nitrogens with one attached hydrogen (secondary N) is 1. The zero-order chi connectivity index (χ0) is 15.6. The van der Waals surface area contributed by atoms with Gasteiger partial charge >= 0.3 is 0 Å². The summed E-state index contributed by atoms with van der Waals surface area (Å²) in [5, 5.41) is 13.4. The molecule has 1 saturated heterocycles. The summed E-state index contributed by atoms with van der Waals surface area (Å²) in [6.45, 7) is 2.40. The third-order valence-electron chi connectivity index (χ3n) is 3.52. The lowest BCUT2D eigenvalue weighted by atomic mass is 10.1. The minimum atomic E-state index is -0.861. The summed E-state index contributed by atoms with van der Waals surface area (Å²) in [5.74, 6) is -0.554. The minimum absolute atomic E-state index is 0.0817. The Hall–Kier alpha value is -1.83. The van der Waals surface area contributed by atoms with Crippen LogP contribution in [-0.4, -0.2) is 27.9 Å². The third kappa shape index (κ3) is 3.26. The van der Waals surface area contributed by atoms with Gasteiger partial charge in [0.1, 0.15) is 17.1 Å². The maximum Gasteiger partial charge on any atom is 0.293 e. The third-order valence-corrected chi connectivity index (χ3v) is 5.06. The van der Waals surface area contributed by atoms with Gasteiger partial charge in [0.15, 0.2) is 0 Å². The molecule has 2 rings (SSSR count). The average molecular weight is 313 g/mol.